The first-order valence-corrected chi connectivity index (χ1v) is 6.20. The summed E-state index contributed by atoms with van der Waals surface area (Å²) >= 11 is 0. The van der Waals surface area contributed by atoms with Gasteiger partial charge in [-0.15, -0.1) is 0 Å². The smallest absolute Gasteiger partial charge is 0.0805 e. The molecule has 2 atom stereocenters. The monoisotopic (exact) mass is 219 g/mol. The zero-order valence-electron chi connectivity index (χ0n) is 9.97. The first-order valence-electron chi connectivity index (χ1n) is 6.20. The van der Waals surface area contributed by atoms with E-state index in [2.05, 4.69) is 11.9 Å². The molecule has 2 rings (SSSR count). The third-order valence-corrected chi connectivity index (χ3v) is 3.60. The Kier molecular flexibility index (Phi) is 3.97. The van der Waals surface area contributed by atoms with Crippen molar-refractivity contribution in [1.82, 2.24) is 4.90 Å². The van der Waals surface area contributed by atoms with Crippen LogP contribution in [0.1, 0.15) is 37.4 Å². The molecule has 0 spiro atoms. The SMILES string of the molecule is CN1CCCC[C@@H]1C[C@H](O)c1ccccc1. The first kappa shape index (κ1) is 11.6. The normalized spacial score (nSPS) is 24.2. The van der Waals surface area contributed by atoms with Crippen LogP contribution in [0.5, 0.6) is 0 Å². The third-order valence-electron chi connectivity index (χ3n) is 3.60. The van der Waals surface area contributed by atoms with E-state index >= 15 is 0 Å². The summed E-state index contributed by atoms with van der Waals surface area (Å²) < 4.78 is 0. The van der Waals surface area contributed by atoms with Gasteiger partial charge in [0.25, 0.3) is 0 Å². The van der Waals surface area contributed by atoms with Gasteiger partial charge in [-0.05, 0) is 38.4 Å². The number of likely N-dealkylation sites (tertiary alicyclic amines) is 1. The van der Waals surface area contributed by atoms with Crippen molar-refractivity contribution >= 4 is 0 Å². The van der Waals surface area contributed by atoms with Gasteiger partial charge in [0.1, 0.15) is 0 Å². The molecule has 0 radical (unpaired) electrons. The van der Waals surface area contributed by atoms with E-state index in [0.29, 0.717) is 6.04 Å². The van der Waals surface area contributed by atoms with Gasteiger partial charge >= 0.3 is 0 Å². The molecule has 2 heteroatoms. The highest BCUT2D eigenvalue weighted by atomic mass is 16.3. The average molecular weight is 219 g/mol. The molecule has 0 amide bonds. The Morgan fingerprint density at radius 3 is 2.75 bits per heavy atom. The number of aliphatic hydroxyl groups excluding tert-OH is 1. The van der Waals surface area contributed by atoms with Crippen LogP contribution in [0.4, 0.5) is 0 Å². The molecule has 0 unspecified atom stereocenters. The highest BCUT2D eigenvalue weighted by molar-refractivity contribution is 5.17. The lowest BCUT2D eigenvalue weighted by molar-refractivity contribution is 0.0944. The van der Waals surface area contributed by atoms with E-state index in [1.54, 1.807) is 0 Å². The first-order chi connectivity index (χ1) is 7.77. The van der Waals surface area contributed by atoms with E-state index < -0.39 is 0 Å². The quantitative estimate of drug-likeness (QED) is 0.844. The van der Waals surface area contributed by atoms with E-state index in [-0.39, 0.29) is 6.10 Å². The van der Waals surface area contributed by atoms with Crippen molar-refractivity contribution in [3.05, 3.63) is 35.9 Å². The zero-order valence-corrected chi connectivity index (χ0v) is 9.97. The van der Waals surface area contributed by atoms with E-state index in [9.17, 15) is 5.11 Å². The number of hydrogen-bond donors (Lipinski definition) is 1. The van der Waals surface area contributed by atoms with Gasteiger partial charge in [-0.1, -0.05) is 36.8 Å². The second kappa shape index (κ2) is 5.46. The topological polar surface area (TPSA) is 23.5 Å². The summed E-state index contributed by atoms with van der Waals surface area (Å²) in [7, 11) is 2.17. The fourth-order valence-corrected chi connectivity index (χ4v) is 2.51. The van der Waals surface area contributed by atoms with Gasteiger partial charge in [-0.25, -0.2) is 0 Å². The molecule has 2 nitrogen and oxygen atoms in total. The predicted molar refractivity (Wildman–Crippen MR) is 66.3 cm³/mol. The van der Waals surface area contributed by atoms with Gasteiger partial charge < -0.3 is 10.0 Å². The van der Waals surface area contributed by atoms with E-state index in [0.717, 1.165) is 12.0 Å². The summed E-state index contributed by atoms with van der Waals surface area (Å²) in [5.41, 5.74) is 1.04. The fraction of sp³-hybridized carbons (Fsp3) is 0.571. The maximum absolute atomic E-state index is 10.2. The Morgan fingerprint density at radius 1 is 1.31 bits per heavy atom. The molecular formula is C14H21NO. The molecule has 0 saturated carbocycles. The lowest BCUT2D eigenvalue weighted by Crippen LogP contribution is -2.37. The van der Waals surface area contributed by atoms with Crippen LogP contribution in [0.15, 0.2) is 30.3 Å². The Balaban J connectivity index is 1.94. The molecule has 16 heavy (non-hydrogen) atoms. The van der Waals surface area contributed by atoms with Crippen LogP contribution in [0.25, 0.3) is 0 Å². The average Bonchev–Trinajstić information content (AvgIpc) is 2.33. The Morgan fingerprint density at radius 2 is 2.06 bits per heavy atom. The van der Waals surface area contributed by atoms with Crippen molar-refractivity contribution in [2.24, 2.45) is 0 Å². The minimum atomic E-state index is -0.313. The Bertz CT molecular complexity index is 312. The van der Waals surface area contributed by atoms with Gasteiger partial charge in [0.15, 0.2) is 0 Å². The third kappa shape index (κ3) is 2.83. The number of rotatable bonds is 3. The molecular weight excluding hydrogens is 198 g/mol. The molecule has 1 aromatic carbocycles. The van der Waals surface area contributed by atoms with E-state index in [4.69, 9.17) is 0 Å². The summed E-state index contributed by atoms with van der Waals surface area (Å²) in [6.45, 7) is 1.17. The number of nitrogens with zero attached hydrogens (tertiary/aromatic N) is 1. The van der Waals surface area contributed by atoms with Crippen LogP contribution < -0.4 is 0 Å². The molecule has 1 saturated heterocycles. The van der Waals surface area contributed by atoms with Gasteiger partial charge in [0.2, 0.25) is 0 Å². The van der Waals surface area contributed by atoms with Crippen molar-refractivity contribution in [3.8, 4) is 0 Å². The van der Waals surface area contributed by atoms with Gasteiger partial charge in [-0.2, -0.15) is 0 Å². The van der Waals surface area contributed by atoms with Gasteiger partial charge in [0.05, 0.1) is 6.10 Å². The molecule has 0 bridgehead atoms. The largest absolute Gasteiger partial charge is 0.388 e. The van der Waals surface area contributed by atoms with Crippen LogP contribution in [0.3, 0.4) is 0 Å². The standard InChI is InChI=1S/C14H21NO/c1-15-10-6-5-9-13(15)11-14(16)12-7-3-2-4-8-12/h2-4,7-8,13-14,16H,5-6,9-11H2,1H3/t13-,14+/m1/s1. The number of aliphatic hydroxyl groups is 1. The Labute approximate surface area is 97.9 Å². The maximum Gasteiger partial charge on any atom is 0.0805 e. The van der Waals surface area contributed by atoms with Crippen molar-refractivity contribution in [2.45, 2.75) is 37.8 Å². The highest BCUT2D eigenvalue weighted by Gasteiger charge is 2.22. The molecule has 1 N–H and O–H groups in total. The maximum atomic E-state index is 10.2. The highest BCUT2D eigenvalue weighted by Crippen LogP contribution is 2.25. The fourth-order valence-electron chi connectivity index (χ4n) is 2.51. The summed E-state index contributed by atoms with van der Waals surface area (Å²) in [6.07, 6.45) is 4.37. The minimum Gasteiger partial charge on any atom is -0.388 e. The van der Waals surface area contributed by atoms with E-state index in [1.165, 1.54) is 25.8 Å². The van der Waals surface area contributed by atoms with Crippen LogP contribution in [-0.4, -0.2) is 29.6 Å². The summed E-state index contributed by atoms with van der Waals surface area (Å²) in [6, 6.07) is 10.5. The van der Waals surface area contributed by atoms with Crippen molar-refractivity contribution < 1.29 is 5.11 Å². The van der Waals surface area contributed by atoms with Crippen molar-refractivity contribution in [3.63, 3.8) is 0 Å². The summed E-state index contributed by atoms with van der Waals surface area (Å²) in [4.78, 5) is 2.38. The zero-order chi connectivity index (χ0) is 11.4. The Hall–Kier alpha value is -0.860. The minimum absolute atomic E-state index is 0.313. The molecule has 1 fully saturated rings. The molecule has 1 aliphatic heterocycles. The number of benzene rings is 1. The molecule has 0 aromatic heterocycles. The summed E-state index contributed by atoms with van der Waals surface area (Å²) in [5.74, 6) is 0. The van der Waals surface area contributed by atoms with Crippen LogP contribution >= 0.6 is 0 Å². The number of piperidine rings is 1. The lowest BCUT2D eigenvalue weighted by atomic mass is 9.95. The van der Waals surface area contributed by atoms with Gasteiger partial charge in [-0.3, -0.25) is 0 Å². The van der Waals surface area contributed by atoms with Crippen molar-refractivity contribution in [2.75, 3.05) is 13.6 Å². The molecule has 1 heterocycles. The van der Waals surface area contributed by atoms with Gasteiger partial charge in [0, 0.05) is 6.04 Å². The van der Waals surface area contributed by atoms with E-state index in [1.807, 2.05) is 30.3 Å². The predicted octanol–water partition coefficient (Wildman–Crippen LogP) is 2.59. The number of hydrogen-bond acceptors (Lipinski definition) is 2. The molecule has 1 aliphatic rings. The molecule has 0 aliphatic carbocycles. The second-order valence-electron chi connectivity index (χ2n) is 4.79. The van der Waals surface area contributed by atoms with Crippen molar-refractivity contribution in [1.29, 1.82) is 0 Å². The summed E-state index contributed by atoms with van der Waals surface area (Å²) in [5, 5.41) is 10.2. The lowest BCUT2D eigenvalue weighted by Gasteiger charge is -2.33. The van der Waals surface area contributed by atoms with Crippen LogP contribution in [0, 0.1) is 0 Å². The molecule has 88 valence electrons. The second-order valence-corrected chi connectivity index (χ2v) is 4.79. The van der Waals surface area contributed by atoms with Crippen LogP contribution in [-0.2, 0) is 0 Å². The van der Waals surface area contributed by atoms with Crippen LogP contribution in [0.2, 0.25) is 0 Å². The molecule has 1 aromatic rings.